The summed E-state index contributed by atoms with van der Waals surface area (Å²) in [6, 6.07) is 9.87. The molecule has 0 bridgehead atoms. The lowest BCUT2D eigenvalue weighted by atomic mass is 10.1. The van der Waals surface area contributed by atoms with Crippen LogP contribution in [-0.4, -0.2) is 40.2 Å². The number of fused-ring (bicyclic) bond motifs is 3. The van der Waals surface area contributed by atoms with Crippen LogP contribution < -0.4 is 21.1 Å². The van der Waals surface area contributed by atoms with Crippen molar-refractivity contribution in [2.75, 3.05) is 16.8 Å². The molecule has 0 unspecified atom stereocenters. The van der Waals surface area contributed by atoms with Crippen molar-refractivity contribution < 1.29 is 9.59 Å². The molecule has 2 aliphatic heterocycles. The second kappa shape index (κ2) is 5.73. The van der Waals surface area contributed by atoms with Crippen molar-refractivity contribution in [3.8, 4) is 0 Å². The zero-order valence-corrected chi connectivity index (χ0v) is 13.6. The number of rotatable bonds is 2. The number of hydrogen-bond acceptors (Lipinski definition) is 5. The van der Waals surface area contributed by atoms with Gasteiger partial charge in [0.25, 0.3) is 11.5 Å². The Morgan fingerprint density at radius 2 is 2.04 bits per heavy atom. The zero-order valence-electron chi connectivity index (χ0n) is 13.6. The number of aromatic nitrogens is 2. The van der Waals surface area contributed by atoms with E-state index < -0.39 is 0 Å². The number of benzene rings is 1. The summed E-state index contributed by atoms with van der Waals surface area (Å²) >= 11 is 0. The minimum Gasteiger partial charge on any atom is -0.356 e. The van der Waals surface area contributed by atoms with Gasteiger partial charge in [-0.25, -0.2) is 4.68 Å². The van der Waals surface area contributed by atoms with Gasteiger partial charge in [-0.05, 0) is 24.6 Å². The smallest absolute Gasteiger partial charge is 0.272 e. The summed E-state index contributed by atoms with van der Waals surface area (Å²) in [4.78, 5) is 38.1. The molecule has 1 aromatic carbocycles. The highest BCUT2D eigenvalue weighted by molar-refractivity contribution is 6.04. The molecule has 8 nitrogen and oxygen atoms in total. The van der Waals surface area contributed by atoms with Crippen molar-refractivity contribution in [2.45, 2.75) is 18.5 Å². The standard InChI is InChI=1S/C17H17N5O3/c1-21-15(23)7-6-12(20-21)16(24)18-10-8-14-17(25)19-11-4-2-3-5-13(11)22(14)9-10/h2-7,10,14H,8-9H2,1H3,(H,18,24)(H,19,25)/t10-,14-/m0/s1. The SMILES string of the molecule is Cn1nc(C(=O)N[C@H]2C[C@H]3C(=O)Nc4ccccc4N3C2)ccc1=O. The molecule has 0 aliphatic carbocycles. The Hall–Kier alpha value is -3.16. The van der Waals surface area contributed by atoms with Crippen LogP contribution in [0.2, 0.25) is 0 Å². The third-order valence-electron chi connectivity index (χ3n) is 4.60. The maximum absolute atomic E-state index is 12.4. The first-order valence-corrected chi connectivity index (χ1v) is 8.04. The molecule has 1 aromatic heterocycles. The van der Waals surface area contributed by atoms with E-state index in [1.807, 2.05) is 29.2 Å². The molecule has 0 spiro atoms. The molecule has 2 amide bonds. The Bertz CT molecular complexity index is 922. The lowest BCUT2D eigenvalue weighted by Gasteiger charge is -2.32. The van der Waals surface area contributed by atoms with E-state index in [1.54, 1.807) is 0 Å². The van der Waals surface area contributed by atoms with E-state index in [0.29, 0.717) is 13.0 Å². The van der Waals surface area contributed by atoms with Crippen molar-refractivity contribution in [1.82, 2.24) is 15.1 Å². The second-order valence-corrected chi connectivity index (χ2v) is 6.26. The van der Waals surface area contributed by atoms with Crippen molar-refractivity contribution in [1.29, 1.82) is 0 Å². The first kappa shape index (κ1) is 15.4. The van der Waals surface area contributed by atoms with Gasteiger partial charge in [-0.2, -0.15) is 5.10 Å². The van der Waals surface area contributed by atoms with Gasteiger partial charge in [0.05, 0.1) is 11.4 Å². The quantitative estimate of drug-likeness (QED) is 0.810. The Morgan fingerprint density at radius 1 is 1.24 bits per heavy atom. The normalized spacial score (nSPS) is 21.3. The van der Waals surface area contributed by atoms with Gasteiger partial charge in [0, 0.05) is 25.7 Å². The van der Waals surface area contributed by atoms with E-state index in [1.165, 1.54) is 19.2 Å². The molecule has 3 heterocycles. The monoisotopic (exact) mass is 339 g/mol. The highest BCUT2D eigenvalue weighted by Crippen LogP contribution is 2.36. The summed E-state index contributed by atoms with van der Waals surface area (Å²) in [5, 5.41) is 9.77. The lowest BCUT2D eigenvalue weighted by molar-refractivity contribution is -0.117. The number of hydrogen-bond donors (Lipinski definition) is 2. The molecular formula is C17H17N5O3. The Balaban J connectivity index is 1.53. The van der Waals surface area contributed by atoms with Gasteiger partial charge in [0.15, 0.2) is 0 Å². The molecule has 2 aliphatic rings. The van der Waals surface area contributed by atoms with E-state index in [4.69, 9.17) is 0 Å². The number of para-hydroxylation sites is 2. The molecule has 2 atom stereocenters. The highest BCUT2D eigenvalue weighted by atomic mass is 16.2. The van der Waals surface area contributed by atoms with Crippen molar-refractivity contribution in [3.05, 3.63) is 52.4 Å². The number of anilines is 2. The van der Waals surface area contributed by atoms with Gasteiger partial charge in [-0.3, -0.25) is 14.4 Å². The highest BCUT2D eigenvalue weighted by Gasteiger charge is 2.41. The first-order chi connectivity index (χ1) is 12.0. The Kier molecular flexibility index (Phi) is 3.52. The summed E-state index contributed by atoms with van der Waals surface area (Å²) in [6.07, 6.45) is 0.525. The van der Waals surface area contributed by atoms with Crippen LogP contribution in [0.4, 0.5) is 11.4 Å². The molecule has 1 fully saturated rings. The topological polar surface area (TPSA) is 96.3 Å². The van der Waals surface area contributed by atoms with Gasteiger partial charge >= 0.3 is 0 Å². The molecule has 1 saturated heterocycles. The molecule has 128 valence electrons. The van der Waals surface area contributed by atoms with Crippen molar-refractivity contribution >= 4 is 23.2 Å². The minimum absolute atomic E-state index is 0.0596. The van der Waals surface area contributed by atoms with Crippen LogP contribution in [-0.2, 0) is 11.8 Å². The van der Waals surface area contributed by atoms with Crippen LogP contribution in [0.1, 0.15) is 16.9 Å². The maximum atomic E-state index is 12.4. The van der Waals surface area contributed by atoms with Gasteiger partial charge in [-0.1, -0.05) is 12.1 Å². The van der Waals surface area contributed by atoms with Crippen LogP contribution in [0.25, 0.3) is 0 Å². The van der Waals surface area contributed by atoms with Crippen LogP contribution in [0.15, 0.2) is 41.2 Å². The van der Waals surface area contributed by atoms with Crippen molar-refractivity contribution in [2.24, 2.45) is 7.05 Å². The largest absolute Gasteiger partial charge is 0.356 e. The number of carbonyl (C=O) groups excluding carboxylic acids is 2. The summed E-state index contributed by atoms with van der Waals surface area (Å²) in [7, 11) is 1.50. The zero-order chi connectivity index (χ0) is 17.6. The molecule has 25 heavy (non-hydrogen) atoms. The molecule has 0 radical (unpaired) electrons. The van der Waals surface area contributed by atoms with Crippen LogP contribution in [0.5, 0.6) is 0 Å². The molecule has 0 saturated carbocycles. The fourth-order valence-electron chi connectivity index (χ4n) is 3.38. The molecule has 2 N–H and O–H groups in total. The number of nitrogens with zero attached hydrogens (tertiary/aromatic N) is 3. The average Bonchev–Trinajstić information content (AvgIpc) is 3.02. The molecule has 8 heteroatoms. The average molecular weight is 339 g/mol. The Morgan fingerprint density at radius 3 is 2.84 bits per heavy atom. The van der Waals surface area contributed by atoms with E-state index >= 15 is 0 Å². The Labute approximate surface area is 143 Å². The number of amides is 2. The summed E-state index contributed by atoms with van der Waals surface area (Å²) in [6.45, 7) is 0.548. The fraction of sp³-hybridized carbons (Fsp3) is 0.294. The molecular weight excluding hydrogens is 322 g/mol. The van der Waals surface area contributed by atoms with Gasteiger partial charge < -0.3 is 15.5 Å². The summed E-state index contributed by atoms with van der Waals surface area (Å²) in [5.41, 5.74) is 1.65. The number of aryl methyl sites for hydroxylation is 1. The molecule has 4 rings (SSSR count). The molecule has 2 aromatic rings. The third kappa shape index (κ3) is 2.65. The van der Waals surface area contributed by atoms with E-state index in [2.05, 4.69) is 15.7 Å². The van der Waals surface area contributed by atoms with E-state index in [-0.39, 0.29) is 35.2 Å². The predicted octanol–water partition coefficient (Wildman–Crippen LogP) is 0.110. The van der Waals surface area contributed by atoms with Crippen LogP contribution in [0.3, 0.4) is 0 Å². The fourth-order valence-corrected chi connectivity index (χ4v) is 3.38. The summed E-state index contributed by atoms with van der Waals surface area (Å²) in [5.74, 6) is -0.412. The van der Waals surface area contributed by atoms with Crippen molar-refractivity contribution in [3.63, 3.8) is 0 Å². The number of nitrogens with one attached hydrogen (secondary N) is 2. The van der Waals surface area contributed by atoms with Gasteiger partial charge in [0.1, 0.15) is 11.7 Å². The predicted molar refractivity (Wildman–Crippen MR) is 91.6 cm³/mol. The minimum atomic E-state index is -0.353. The second-order valence-electron chi connectivity index (χ2n) is 6.26. The van der Waals surface area contributed by atoms with Crippen LogP contribution in [0, 0.1) is 0 Å². The van der Waals surface area contributed by atoms with E-state index in [0.717, 1.165) is 16.1 Å². The van der Waals surface area contributed by atoms with Gasteiger partial charge in [-0.15, -0.1) is 0 Å². The van der Waals surface area contributed by atoms with Crippen LogP contribution >= 0.6 is 0 Å². The first-order valence-electron chi connectivity index (χ1n) is 8.04. The van der Waals surface area contributed by atoms with E-state index in [9.17, 15) is 14.4 Å². The maximum Gasteiger partial charge on any atom is 0.272 e. The van der Waals surface area contributed by atoms with Gasteiger partial charge in [0.2, 0.25) is 5.91 Å². The third-order valence-corrected chi connectivity index (χ3v) is 4.60. The summed E-state index contributed by atoms with van der Waals surface area (Å²) < 4.78 is 1.12. The number of carbonyl (C=O) groups is 2. The lowest BCUT2D eigenvalue weighted by Crippen LogP contribution is -2.44.